The van der Waals surface area contributed by atoms with Crippen LogP contribution < -0.4 is 5.32 Å². The molecule has 1 aromatic carbocycles. The molecular weight excluding hydrogens is 278 g/mol. The molecule has 2 nitrogen and oxygen atoms in total. The number of aryl methyl sites for hydroxylation is 1. The second-order valence-corrected chi connectivity index (χ2v) is 8.79. The summed E-state index contributed by atoms with van der Waals surface area (Å²) in [6, 6.07) is 8.57. The molecule has 0 saturated heterocycles. The van der Waals surface area contributed by atoms with E-state index in [-0.39, 0.29) is 5.25 Å². The maximum absolute atomic E-state index is 13.1. The van der Waals surface area contributed by atoms with Gasteiger partial charge in [0.15, 0.2) is 0 Å². The Kier molecular flexibility index (Phi) is 5.61. The molecule has 1 saturated carbocycles. The van der Waals surface area contributed by atoms with Crippen molar-refractivity contribution >= 4 is 10.8 Å². The Morgan fingerprint density at radius 3 is 2.81 bits per heavy atom. The zero-order valence-electron chi connectivity index (χ0n) is 13.8. The number of benzene rings is 1. The van der Waals surface area contributed by atoms with E-state index in [1.165, 1.54) is 12.0 Å². The summed E-state index contributed by atoms with van der Waals surface area (Å²) in [4.78, 5) is 0.987. The maximum atomic E-state index is 13.1. The first-order valence-electron chi connectivity index (χ1n) is 8.13. The minimum Gasteiger partial charge on any atom is -0.313 e. The molecule has 118 valence electrons. The highest BCUT2D eigenvalue weighted by atomic mass is 32.2. The zero-order chi connectivity index (χ0) is 15.5. The summed E-state index contributed by atoms with van der Waals surface area (Å²) >= 11 is 0. The van der Waals surface area contributed by atoms with Gasteiger partial charge in [-0.2, -0.15) is 0 Å². The lowest BCUT2D eigenvalue weighted by atomic mass is 9.75. The van der Waals surface area contributed by atoms with Gasteiger partial charge in [0.1, 0.15) is 0 Å². The SMILES string of the molecule is CCCNC1CCC(C)(C)CC1S(=O)c1cccc(C)c1. The van der Waals surface area contributed by atoms with Crippen LogP contribution in [-0.2, 0) is 10.8 Å². The third kappa shape index (κ3) is 4.40. The number of hydrogen-bond acceptors (Lipinski definition) is 2. The Morgan fingerprint density at radius 2 is 2.14 bits per heavy atom. The van der Waals surface area contributed by atoms with Crippen LogP contribution in [0.4, 0.5) is 0 Å². The fraction of sp³-hybridized carbons (Fsp3) is 0.667. The predicted molar refractivity (Wildman–Crippen MR) is 91.1 cm³/mol. The standard InChI is InChI=1S/C18H29NOS/c1-5-11-19-16-9-10-18(3,4)13-17(16)21(20)15-8-6-7-14(2)12-15/h6-8,12,16-17,19H,5,9-11,13H2,1-4H3. The number of hydrogen-bond donors (Lipinski definition) is 1. The minimum absolute atomic E-state index is 0.224. The van der Waals surface area contributed by atoms with Crippen molar-refractivity contribution in [2.24, 2.45) is 5.41 Å². The van der Waals surface area contributed by atoms with Crippen LogP contribution in [-0.4, -0.2) is 22.0 Å². The lowest BCUT2D eigenvalue weighted by Gasteiger charge is -2.40. The molecule has 0 heterocycles. The molecule has 0 spiro atoms. The van der Waals surface area contributed by atoms with E-state index < -0.39 is 10.8 Å². The van der Waals surface area contributed by atoms with Crippen LogP contribution in [0.25, 0.3) is 0 Å². The van der Waals surface area contributed by atoms with Crippen molar-refractivity contribution in [1.29, 1.82) is 0 Å². The van der Waals surface area contributed by atoms with Crippen LogP contribution in [0.2, 0.25) is 0 Å². The molecule has 0 radical (unpaired) electrons. The van der Waals surface area contributed by atoms with Crippen molar-refractivity contribution in [2.45, 2.75) is 69.6 Å². The first-order valence-corrected chi connectivity index (χ1v) is 9.35. The van der Waals surface area contributed by atoms with Gasteiger partial charge >= 0.3 is 0 Å². The second-order valence-electron chi connectivity index (χ2n) is 7.12. The van der Waals surface area contributed by atoms with E-state index in [0.29, 0.717) is 11.5 Å². The van der Waals surface area contributed by atoms with E-state index in [0.717, 1.165) is 30.7 Å². The highest BCUT2D eigenvalue weighted by molar-refractivity contribution is 7.85. The smallest absolute Gasteiger partial charge is 0.0576 e. The van der Waals surface area contributed by atoms with Crippen LogP contribution in [0.5, 0.6) is 0 Å². The quantitative estimate of drug-likeness (QED) is 0.889. The van der Waals surface area contributed by atoms with Gasteiger partial charge in [-0.1, -0.05) is 32.9 Å². The average Bonchev–Trinajstić information content (AvgIpc) is 2.44. The molecule has 3 unspecified atom stereocenters. The predicted octanol–water partition coefficient (Wildman–Crippen LogP) is 4.05. The highest BCUT2D eigenvalue weighted by Gasteiger charge is 2.38. The molecule has 0 aromatic heterocycles. The second kappa shape index (κ2) is 7.06. The van der Waals surface area contributed by atoms with Gasteiger partial charge in [-0.3, -0.25) is 4.21 Å². The average molecular weight is 308 g/mol. The summed E-state index contributed by atoms with van der Waals surface area (Å²) in [7, 11) is -0.923. The fourth-order valence-electron chi connectivity index (χ4n) is 3.22. The van der Waals surface area contributed by atoms with Crippen molar-refractivity contribution in [1.82, 2.24) is 5.32 Å². The van der Waals surface area contributed by atoms with E-state index in [9.17, 15) is 4.21 Å². The summed E-state index contributed by atoms with van der Waals surface area (Å²) in [5.74, 6) is 0. The van der Waals surface area contributed by atoms with Crippen molar-refractivity contribution in [3.8, 4) is 0 Å². The van der Waals surface area contributed by atoms with Gasteiger partial charge in [0.05, 0.1) is 16.0 Å². The summed E-state index contributed by atoms with van der Waals surface area (Å²) in [5.41, 5.74) is 1.49. The van der Waals surface area contributed by atoms with E-state index in [1.807, 2.05) is 12.1 Å². The first-order chi connectivity index (χ1) is 9.93. The van der Waals surface area contributed by atoms with Gasteiger partial charge < -0.3 is 5.32 Å². The number of nitrogens with one attached hydrogen (secondary N) is 1. The minimum atomic E-state index is -0.923. The van der Waals surface area contributed by atoms with E-state index in [4.69, 9.17) is 0 Å². The largest absolute Gasteiger partial charge is 0.313 e. The molecule has 0 aliphatic heterocycles. The van der Waals surface area contributed by atoms with Gasteiger partial charge in [-0.15, -0.1) is 0 Å². The summed E-state index contributed by atoms with van der Waals surface area (Å²) < 4.78 is 13.1. The van der Waals surface area contributed by atoms with Crippen LogP contribution in [0, 0.1) is 12.3 Å². The molecule has 1 N–H and O–H groups in total. The third-order valence-electron chi connectivity index (χ3n) is 4.49. The Balaban J connectivity index is 2.20. The summed E-state index contributed by atoms with van der Waals surface area (Å²) in [6.45, 7) is 9.89. The molecule has 21 heavy (non-hydrogen) atoms. The van der Waals surface area contributed by atoms with E-state index in [1.54, 1.807) is 0 Å². The molecule has 1 aliphatic rings. The van der Waals surface area contributed by atoms with Crippen LogP contribution in [0.3, 0.4) is 0 Å². The summed E-state index contributed by atoms with van der Waals surface area (Å²) in [5, 5.41) is 3.86. The molecule has 3 atom stereocenters. The van der Waals surface area contributed by atoms with Gasteiger partial charge in [-0.05, 0) is 62.3 Å². The van der Waals surface area contributed by atoms with Crippen LogP contribution in [0.15, 0.2) is 29.2 Å². The molecule has 0 bridgehead atoms. The van der Waals surface area contributed by atoms with Crippen molar-refractivity contribution in [3.63, 3.8) is 0 Å². The molecule has 1 fully saturated rings. The van der Waals surface area contributed by atoms with Gasteiger partial charge in [0.2, 0.25) is 0 Å². The normalized spacial score (nSPS) is 26.5. The van der Waals surface area contributed by atoms with Gasteiger partial charge in [-0.25, -0.2) is 0 Å². The Bertz CT molecular complexity index is 498. The highest BCUT2D eigenvalue weighted by Crippen LogP contribution is 2.38. The third-order valence-corrected chi connectivity index (χ3v) is 6.25. The molecular formula is C18H29NOS. The topological polar surface area (TPSA) is 29.1 Å². The molecule has 1 aromatic rings. The summed E-state index contributed by atoms with van der Waals surface area (Å²) in [6.07, 6.45) is 4.52. The lowest BCUT2D eigenvalue weighted by Crippen LogP contribution is -2.48. The Hall–Kier alpha value is -0.670. The monoisotopic (exact) mass is 307 g/mol. The van der Waals surface area contributed by atoms with Crippen molar-refractivity contribution < 1.29 is 4.21 Å². The van der Waals surface area contributed by atoms with Crippen LogP contribution in [0.1, 0.15) is 52.0 Å². The van der Waals surface area contributed by atoms with E-state index in [2.05, 4.69) is 45.1 Å². The van der Waals surface area contributed by atoms with Crippen molar-refractivity contribution in [2.75, 3.05) is 6.54 Å². The maximum Gasteiger partial charge on any atom is 0.0576 e. The first kappa shape index (κ1) is 16.7. The van der Waals surface area contributed by atoms with E-state index >= 15 is 0 Å². The molecule has 0 amide bonds. The molecule has 1 aliphatic carbocycles. The Morgan fingerprint density at radius 1 is 1.38 bits per heavy atom. The number of rotatable bonds is 5. The zero-order valence-corrected chi connectivity index (χ0v) is 14.6. The van der Waals surface area contributed by atoms with Gasteiger partial charge in [0, 0.05) is 10.9 Å². The van der Waals surface area contributed by atoms with Crippen LogP contribution >= 0.6 is 0 Å². The molecule has 3 heteroatoms. The molecule has 2 rings (SSSR count). The van der Waals surface area contributed by atoms with Gasteiger partial charge in [0.25, 0.3) is 0 Å². The lowest BCUT2D eigenvalue weighted by molar-refractivity contribution is 0.212. The fourth-order valence-corrected chi connectivity index (χ4v) is 5.22. The Labute approximate surface area is 132 Å². The van der Waals surface area contributed by atoms with Crippen molar-refractivity contribution in [3.05, 3.63) is 29.8 Å².